The van der Waals surface area contributed by atoms with Crippen molar-refractivity contribution in [3.8, 4) is 28.4 Å². The average Bonchev–Trinajstić information content (AvgIpc) is 3.24. The van der Waals surface area contributed by atoms with Gasteiger partial charge in [-0.3, -0.25) is 0 Å². The number of halogens is 1. The van der Waals surface area contributed by atoms with E-state index in [4.69, 9.17) is 16.1 Å². The highest BCUT2D eigenvalue weighted by Crippen LogP contribution is 2.35. The third kappa shape index (κ3) is 2.47. The molecule has 2 aromatic heterocycles. The first-order chi connectivity index (χ1) is 11.7. The van der Waals surface area contributed by atoms with Crippen LogP contribution in [0.5, 0.6) is 0 Å². The zero-order chi connectivity index (χ0) is 16.5. The molecule has 0 fully saturated rings. The summed E-state index contributed by atoms with van der Waals surface area (Å²) in [5, 5.41) is 16.5. The van der Waals surface area contributed by atoms with Crippen LogP contribution in [0.1, 0.15) is 5.56 Å². The molecule has 24 heavy (non-hydrogen) atoms. The van der Waals surface area contributed by atoms with Gasteiger partial charge in [0.1, 0.15) is 0 Å². The molecule has 0 N–H and O–H groups in total. The lowest BCUT2D eigenvalue weighted by atomic mass is 10.1. The molecule has 6 nitrogen and oxygen atoms in total. The number of tetrazole rings is 1. The molecule has 0 radical (unpaired) electrons. The number of hydrogen-bond acceptors (Lipinski definition) is 5. The SMILES string of the molecule is Cc1ccc(-n2nnnc2-c2cnoc2-c2ccccc2Cl)cc1. The Morgan fingerprint density at radius 1 is 1.00 bits per heavy atom. The summed E-state index contributed by atoms with van der Waals surface area (Å²) in [6.07, 6.45) is 1.59. The van der Waals surface area contributed by atoms with E-state index in [0.717, 1.165) is 16.8 Å². The largest absolute Gasteiger partial charge is 0.355 e. The summed E-state index contributed by atoms with van der Waals surface area (Å²) in [4.78, 5) is 0. The van der Waals surface area contributed by atoms with Crippen LogP contribution in [-0.4, -0.2) is 25.4 Å². The number of aryl methyl sites for hydroxylation is 1. The normalized spacial score (nSPS) is 10.9. The van der Waals surface area contributed by atoms with Crippen LogP contribution in [0.3, 0.4) is 0 Å². The lowest BCUT2D eigenvalue weighted by Crippen LogP contribution is -2.00. The lowest BCUT2D eigenvalue weighted by molar-refractivity contribution is 0.432. The molecular formula is C17H12ClN5O. The minimum atomic E-state index is 0.531. The highest BCUT2D eigenvalue weighted by atomic mass is 35.5. The second-order valence-electron chi connectivity index (χ2n) is 5.30. The number of aromatic nitrogens is 5. The smallest absolute Gasteiger partial charge is 0.192 e. The van der Waals surface area contributed by atoms with Crippen LogP contribution < -0.4 is 0 Å². The van der Waals surface area contributed by atoms with Crippen LogP contribution in [0.25, 0.3) is 28.4 Å². The highest BCUT2D eigenvalue weighted by molar-refractivity contribution is 6.33. The van der Waals surface area contributed by atoms with Gasteiger partial charge in [0.25, 0.3) is 0 Å². The molecule has 0 aliphatic carbocycles. The molecule has 0 saturated carbocycles. The Morgan fingerprint density at radius 3 is 2.58 bits per heavy atom. The van der Waals surface area contributed by atoms with E-state index in [0.29, 0.717) is 22.2 Å². The van der Waals surface area contributed by atoms with Gasteiger partial charge in [0.2, 0.25) is 0 Å². The van der Waals surface area contributed by atoms with Crippen molar-refractivity contribution in [2.75, 3.05) is 0 Å². The van der Waals surface area contributed by atoms with Gasteiger partial charge in [-0.1, -0.05) is 46.6 Å². The minimum absolute atomic E-state index is 0.531. The molecule has 0 aliphatic heterocycles. The van der Waals surface area contributed by atoms with Gasteiger partial charge in [-0.15, -0.1) is 5.10 Å². The lowest BCUT2D eigenvalue weighted by Gasteiger charge is -2.05. The quantitative estimate of drug-likeness (QED) is 0.566. The van der Waals surface area contributed by atoms with Crippen molar-refractivity contribution in [1.82, 2.24) is 25.4 Å². The Labute approximate surface area is 142 Å². The fourth-order valence-electron chi connectivity index (χ4n) is 2.45. The van der Waals surface area contributed by atoms with Crippen molar-refractivity contribution < 1.29 is 4.52 Å². The van der Waals surface area contributed by atoms with E-state index in [1.165, 1.54) is 0 Å². The molecule has 2 heterocycles. The molecule has 7 heteroatoms. The summed E-state index contributed by atoms with van der Waals surface area (Å²) in [5.41, 5.74) is 3.43. The van der Waals surface area contributed by atoms with Gasteiger partial charge < -0.3 is 4.52 Å². The van der Waals surface area contributed by atoms with Crippen LogP contribution in [0, 0.1) is 6.92 Å². The van der Waals surface area contributed by atoms with Gasteiger partial charge >= 0.3 is 0 Å². The first kappa shape index (κ1) is 14.6. The third-order valence-corrected chi connectivity index (χ3v) is 4.01. The molecule has 4 aromatic rings. The molecule has 0 spiro atoms. The Bertz CT molecular complexity index is 990. The zero-order valence-corrected chi connectivity index (χ0v) is 13.5. The number of nitrogens with zero attached hydrogens (tertiary/aromatic N) is 5. The monoisotopic (exact) mass is 337 g/mol. The standard InChI is InChI=1S/C17H12ClN5O/c1-11-6-8-12(9-7-11)23-17(20-21-22-23)14-10-19-24-16(14)13-4-2-3-5-15(13)18/h2-10H,1H3. The molecule has 2 aromatic carbocycles. The number of hydrogen-bond donors (Lipinski definition) is 0. The van der Waals surface area contributed by atoms with Crippen LogP contribution in [0.4, 0.5) is 0 Å². The summed E-state index contributed by atoms with van der Waals surface area (Å²) in [6, 6.07) is 15.3. The molecule has 0 unspecified atom stereocenters. The zero-order valence-electron chi connectivity index (χ0n) is 12.7. The maximum absolute atomic E-state index is 6.28. The summed E-state index contributed by atoms with van der Waals surface area (Å²) < 4.78 is 7.07. The van der Waals surface area contributed by atoms with Gasteiger partial charge in [0.05, 0.1) is 22.5 Å². The van der Waals surface area contributed by atoms with Crippen molar-refractivity contribution in [3.05, 3.63) is 65.3 Å². The molecule has 0 aliphatic rings. The van der Waals surface area contributed by atoms with Gasteiger partial charge in [-0.05, 0) is 41.6 Å². The van der Waals surface area contributed by atoms with Crippen molar-refractivity contribution in [3.63, 3.8) is 0 Å². The summed E-state index contributed by atoms with van der Waals surface area (Å²) in [7, 11) is 0. The van der Waals surface area contributed by atoms with E-state index < -0.39 is 0 Å². The summed E-state index contributed by atoms with van der Waals surface area (Å²) in [6.45, 7) is 2.03. The summed E-state index contributed by atoms with van der Waals surface area (Å²) >= 11 is 6.28. The molecular weight excluding hydrogens is 326 g/mol. The molecule has 0 bridgehead atoms. The van der Waals surface area contributed by atoms with Crippen molar-refractivity contribution in [1.29, 1.82) is 0 Å². The number of benzene rings is 2. The van der Waals surface area contributed by atoms with Crippen LogP contribution in [0.2, 0.25) is 5.02 Å². The highest BCUT2D eigenvalue weighted by Gasteiger charge is 2.21. The van der Waals surface area contributed by atoms with Gasteiger partial charge in [0.15, 0.2) is 11.6 Å². The van der Waals surface area contributed by atoms with E-state index in [2.05, 4.69) is 20.7 Å². The first-order valence-electron chi connectivity index (χ1n) is 7.29. The van der Waals surface area contributed by atoms with Gasteiger partial charge in [-0.2, -0.15) is 4.68 Å². The molecule has 0 amide bonds. The van der Waals surface area contributed by atoms with Crippen LogP contribution >= 0.6 is 11.6 Å². The fourth-order valence-corrected chi connectivity index (χ4v) is 2.67. The minimum Gasteiger partial charge on any atom is -0.355 e. The van der Waals surface area contributed by atoms with E-state index >= 15 is 0 Å². The average molecular weight is 338 g/mol. The topological polar surface area (TPSA) is 69.6 Å². The Hall–Kier alpha value is -2.99. The third-order valence-electron chi connectivity index (χ3n) is 3.68. The van der Waals surface area contributed by atoms with Crippen molar-refractivity contribution in [2.24, 2.45) is 0 Å². The van der Waals surface area contributed by atoms with E-state index in [9.17, 15) is 0 Å². The fraction of sp³-hybridized carbons (Fsp3) is 0.0588. The predicted molar refractivity (Wildman–Crippen MR) is 89.8 cm³/mol. The predicted octanol–water partition coefficient (Wildman–Crippen LogP) is 3.95. The van der Waals surface area contributed by atoms with Gasteiger partial charge in [-0.25, -0.2) is 0 Å². The second-order valence-corrected chi connectivity index (χ2v) is 5.71. The van der Waals surface area contributed by atoms with Crippen LogP contribution in [0.15, 0.2) is 59.3 Å². The van der Waals surface area contributed by atoms with E-state index in [-0.39, 0.29) is 0 Å². The maximum atomic E-state index is 6.28. The molecule has 4 rings (SSSR count). The molecule has 0 saturated heterocycles. The van der Waals surface area contributed by atoms with Crippen molar-refractivity contribution >= 4 is 11.6 Å². The number of rotatable bonds is 3. The second kappa shape index (κ2) is 5.90. The Kier molecular flexibility index (Phi) is 3.59. The van der Waals surface area contributed by atoms with E-state index in [1.807, 2.05) is 49.4 Å². The van der Waals surface area contributed by atoms with E-state index in [1.54, 1.807) is 16.9 Å². The summed E-state index contributed by atoms with van der Waals surface area (Å²) in [5.74, 6) is 1.07. The van der Waals surface area contributed by atoms with Gasteiger partial charge in [0, 0.05) is 5.56 Å². The molecule has 118 valence electrons. The first-order valence-corrected chi connectivity index (χ1v) is 7.67. The Balaban J connectivity index is 1.85. The van der Waals surface area contributed by atoms with Crippen LogP contribution in [-0.2, 0) is 0 Å². The molecule has 0 atom stereocenters. The maximum Gasteiger partial charge on any atom is 0.192 e. The van der Waals surface area contributed by atoms with Crippen molar-refractivity contribution in [2.45, 2.75) is 6.92 Å². The Morgan fingerprint density at radius 2 is 1.79 bits per heavy atom.